The number of hydrogen-bond donors (Lipinski definition) is 2. The summed E-state index contributed by atoms with van der Waals surface area (Å²) in [6, 6.07) is 0.583. The van der Waals surface area contributed by atoms with E-state index in [-0.39, 0.29) is 17.4 Å². The quantitative estimate of drug-likeness (QED) is 0.739. The van der Waals surface area contributed by atoms with Crippen LogP contribution in [0.5, 0.6) is 0 Å². The lowest BCUT2D eigenvalue weighted by atomic mass is 9.90. The van der Waals surface area contributed by atoms with Gasteiger partial charge in [-0.25, -0.2) is 0 Å². The summed E-state index contributed by atoms with van der Waals surface area (Å²) in [6.45, 7) is 8.06. The van der Waals surface area contributed by atoms with Crippen LogP contribution in [0.25, 0.3) is 0 Å². The fourth-order valence-electron chi connectivity index (χ4n) is 3.97. The first-order chi connectivity index (χ1) is 10.6. The minimum atomic E-state index is -0.285. The number of rotatable bonds is 5. The lowest BCUT2D eigenvalue weighted by Crippen LogP contribution is -2.49. The van der Waals surface area contributed by atoms with E-state index in [9.17, 15) is 9.90 Å². The molecule has 1 aliphatic carbocycles. The maximum Gasteiger partial charge on any atom is 0.222 e. The van der Waals surface area contributed by atoms with Crippen LogP contribution in [0.3, 0.4) is 0 Å². The molecule has 0 aromatic rings. The molecule has 126 valence electrons. The first kappa shape index (κ1) is 16.2. The number of nitrogens with zero attached hydrogens (tertiary/aromatic N) is 2. The van der Waals surface area contributed by atoms with E-state index in [2.05, 4.69) is 17.1 Å². The third kappa shape index (κ3) is 3.81. The van der Waals surface area contributed by atoms with Crippen LogP contribution in [0.4, 0.5) is 0 Å². The second-order valence-corrected chi connectivity index (χ2v) is 7.58. The summed E-state index contributed by atoms with van der Waals surface area (Å²) in [5, 5.41) is 13.6. The number of amides is 1. The maximum atomic E-state index is 12.3. The molecular formula is C17H31N3O2. The van der Waals surface area contributed by atoms with E-state index in [0.29, 0.717) is 19.0 Å². The SMILES string of the molecule is C[C@H]1CN(CCCCC(=O)N2CCC3(CC3)[C@H](O)C2)CCN1. The van der Waals surface area contributed by atoms with Crippen LogP contribution in [0, 0.1) is 5.41 Å². The summed E-state index contributed by atoms with van der Waals surface area (Å²) in [7, 11) is 0. The molecule has 5 heteroatoms. The van der Waals surface area contributed by atoms with Gasteiger partial charge in [0.2, 0.25) is 5.91 Å². The zero-order valence-corrected chi connectivity index (χ0v) is 13.9. The highest BCUT2D eigenvalue weighted by Gasteiger charge is 2.51. The molecule has 2 aliphatic heterocycles. The molecule has 3 aliphatic rings. The summed E-state index contributed by atoms with van der Waals surface area (Å²) >= 11 is 0. The topological polar surface area (TPSA) is 55.8 Å². The van der Waals surface area contributed by atoms with Gasteiger partial charge in [0.15, 0.2) is 0 Å². The van der Waals surface area contributed by atoms with Crippen molar-refractivity contribution >= 4 is 5.91 Å². The van der Waals surface area contributed by atoms with E-state index in [4.69, 9.17) is 0 Å². The number of piperidine rings is 1. The highest BCUT2D eigenvalue weighted by molar-refractivity contribution is 5.76. The summed E-state index contributed by atoms with van der Waals surface area (Å²) < 4.78 is 0. The number of hydrogen-bond acceptors (Lipinski definition) is 4. The molecule has 5 nitrogen and oxygen atoms in total. The first-order valence-corrected chi connectivity index (χ1v) is 9.01. The zero-order chi connectivity index (χ0) is 15.6. The Labute approximate surface area is 134 Å². The Hall–Kier alpha value is -0.650. The summed E-state index contributed by atoms with van der Waals surface area (Å²) in [5.74, 6) is 0.239. The predicted octanol–water partition coefficient (Wildman–Crippen LogP) is 0.824. The van der Waals surface area contributed by atoms with E-state index in [0.717, 1.165) is 64.8 Å². The first-order valence-electron chi connectivity index (χ1n) is 9.01. The molecule has 0 unspecified atom stereocenters. The normalized spacial score (nSPS) is 31.5. The largest absolute Gasteiger partial charge is 0.391 e. The van der Waals surface area contributed by atoms with Crippen molar-refractivity contribution in [3.8, 4) is 0 Å². The van der Waals surface area contributed by atoms with Crippen molar-refractivity contribution < 1.29 is 9.90 Å². The van der Waals surface area contributed by atoms with Gasteiger partial charge in [-0.2, -0.15) is 0 Å². The smallest absolute Gasteiger partial charge is 0.222 e. The van der Waals surface area contributed by atoms with Gasteiger partial charge in [0.25, 0.3) is 0 Å². The molecule has 22 heavy (non-hydrogen) atoms. The standard InChI is InChI=1S/C17H31N3O2/c1-14-12-19(11-8-18-14)9-3-2-4-16(22)20-10-7-17(5-6-17)15(21)13-20/h14-15,18,21H,2-13H2,1H3/t14-,15+/m0/s1. The van der Waals surface area contributed by atoms with E-state index < -0.39 is 0 Å². The Morgan fingerprint density at radius 2 is 2.05 bits per heavy atom. The van der Waals surface area contributed by atoms with Crippen molar-refractivity contribution in [3.05, 3.63) is 0 Å². The number of piperazine rings is 1. The Morgan fingerprint density at radius 3 is 2.73 bits per heavy atom. The van der Waals surface area contributed by atoms with Gasteiger partial charge in [0, 0.05) is 45.2 Å². The molecule has 1 saturated carbocycles. The lowest BCUT2D eigenvalue weighted by Gasteiger charge is -2.36. The van der Waals surface area contributed by atoms with Gasteiger partial charge in [0.05, 0.1) is 6.10 Å². The van der Waals surface area contributed by atoms with Crippen LogP contribution in [0.1, 0.15) is 45.4 Å². The van der Waals surface area contributed by atoms with E-state index in [1.807, 2.05) is 4.90 Å². The molecule has 1 spiro atoms. The molecule has 3 rings (SSSR count). The molecule has 3 fully saturated rings. The van der Waals surface area contributed by atoms with Crippen LogP contribution in [0.15, 0.2) is 0 Å². The molecule has 1 amide bonds. The van der Waals surface area contributed by atoms with Crippen molar-refractivity contribution in [1.82, 2.24) is 15.1 Å². The van der Waals surface area contributed by atoms with E-state index >= 15 is 0 Å². The third-order valence-electron chi connectivity index (χ3n) is 5.79. The Morgan fingerprint density at radius 1 is 1.23 bits per heavy atom. The average Bonchev–Trinajstić information content (AvgIpc) is 3.27. The number of unbranched alkanes of at least 4 members (excludes halogenated alkanes) is 1. The summed E-state index contributed by atoms with van der Waals surface area (Å²) in [6.07, 6.45) is 5.72. The summed E-state index contributed by atoms with van der Waals surface area (Å²) in [4.78, 5) is 16.7. The summed E-state index contributed by atoms with van der Waals surface area (Å²) in [5.41, 5.74) is 0.190. The number of β-amino-alcohol motifs (C(OH)–C–C–N with tert-alkyl or cyclic N) is 1. The average molecular weight is 309 g/mol. The van der Waals surface area contributed by atoms with Gasteiger partial charge in [-0.05, 0) is 51.0 Å². The van der Waals surface area contributed by atoms with E-state index in [1.54, 1.807) is 0 Å². The highest BCUT2D eigenvalue weighted by atomic mass is 16.3. The van der Waals surface area contributed by atoms with Crippen LogP contribution in [0.2, 0.25) is 0 Å². The molecule has 0 aromatic carbocycles. The highest BCUT2D eigenvalue weighted by Crippen LogP contribution is 2.53. The van der Waals surface area contributed by atoms with Crippen LogP contribution in [-0.4, -0.2) is 72.2 Å². The monoisotopic (exact) mass is 309 g/mol. The fraction of sp³-hybridized carbons (Fsp3) is 0.941. The number of nitrogens with one attached hydrogen (secondary N) is 1. The Balaban J connectivity index is 1.31. The number of aliphatic hydroxyl groups is 1. The number of carbonyl (C=O) groups excluding carboxylic acids is 1. The number of likely N-dealkylation sites (tertiary alicyclic amines) is 1. The predicted molar refractivity (Wildman–Crippen MR) is 86.6 cm³/mol. The minimum absolute atomic E-state index is 0.190. The molecule has 2 atom stereocenters. The van der Waals surface area contributed by atoms with Crippen LogP contribution < -0.4 is 5.32 Å². The van der Waals surface area contributed by atoms with Gasteiger partial charge >= 0.3 is 0 Å². The molecular weight excluding hydrogens is 278 g/mol. The Bertz CT molecular complexity index is 397. The third-order valence-corrected chi connectivity index (χ3v) is 5.79. The van der Waals surface area contributed by atoms with Crippen molar-refractivity contribution in [3.63, 3.8) is 0 Å². The van der Waals surface area contributed by atoms with Crippen molar-refractivity contribution in [2.75, 3.05) is 39.3 Å². The fourth-order valence-corrected chi connectivity index (χ4v) is 3.97. The number of carbonyl (C=O) groups is 1. The number of aliphatic hydroxyl groups excluding tert-OH is 1. The second-order valence-electron chi connectivity index (χ2n) is 7.58. The van der Waals surface area contributed by atoms with E-state index in [1.165, 1.54) is 0 Å². The second kappa shape index (κ2) is 6.85. The van der Waals surface area contributed by atoms with Gasteiger partial charge in [-0.3, -0.25) is 4.79 Å². The lowest BCUT2D eigenvalue weighted by molar-refractivity contribution is -0.136. The minimum Gasteiger partial charge on any atom is -0.391 e. The molecule has 2 saturated heterocycles. The van der Waals surface area contributed by atoms with Gasteiger partial charge in [-0.15, -0.1) is 0 Å². The van der Waals surface area contributed by atoms with Crippen LogP contribution >= 0.6 is 0 Å². The molecule has 0 bridgehead atoms. The van der Waals surface area contributed by atoms with Crippen molar-refractivity contribution in [1.29, 1.82) is 0 Å². The molecule has 0 aromatic heterocycles. The van der Waals surface area contributed by atoms with Gasteiger partial charge < -0.3 is 20.2 Å². The van der Waals surface area contributed by atoms with Crippen molar-refractivity contribution in [2.45, 2.75) is 57.6 Å². The molecule has 2 heterocycles. The maximum absolute atomic E-state index is 12.3. The molecule has 0 radical (unpaired) electrons. The molecule has 2 N–H and O–H groups in total. The van der Waals surface area contributed by atoms with Crippen LogP contribution in [-0.2, 0) is 4.79 Å². The zero-order valence-electron chi connectivity index (χ0n) is 13.9. The van der Waals surface area contributed by atoms with Crippen molar-refractivity contribution in [2.24, 2.45) is 5.41 Å². The van der Waals surface area contributed by atoms with Gasteiger partial charge in [-0.1, -0.05) is 0 Å². The Kier molecular flexibility index (Phi) is 5.05. The van der Waals surface area contributed by atoms with Gasteiger partial charge in [0.1, 0.15) is 0 Å².